The molecule has 1 heterocycles. The molecule has 1 aliphatic heterocycles. The summed E-state index contributed by atoms with van der Waals surface area (Å²) in [6.07, 6.45) is 0.980. The first-order valence-corrected chi connectivity index (χ1v) is 14.6. The van der Waals surface area contributed by atoms with Crippen molar-refractivity contribution in [1.82, 2.24) is 0 Å². The third kappa shape index (κ3) is 5.29. The number of hydrogen-bond acceptors (Lipinski definition) is 5. The summed E-state index contributed by atoms with van der Waals surface area (Å²) in [6, 6.07) is 20.4. The molecule has 0 saturated carbocycles. The van der Waals surface area contributed by atoms with Gasteiger partial charge in [-0.3, -0.25) is 9.69 Å². The summed E-state index contributed by atoms with van der Waals surface area (Å²) in [5.74, 6) is 0.0858. The highest BCUT2D eigenvalue weighted by Gasteiger charge is 2.45. The molecule has 2 N–H and O–H groups in total. The van der Waals surface area contributed by atoms with Crippen molar-refractivity contribution in [3.05, 3.63) is 116 Å². The molecule has 3 aromatic rings. The van der Waals surface area contributed by atoms with Crippen molar-refractivity contribution in [3.63, 3.8) is 0 Å². The van der Waals surface area contributed by atoms with Gasteiger partial charge in [-0.15, -0.1) is 11.8 Å². The minimum absolute atomic E-state index is 0.0154. The minimum atomic E-state index is -0.570. The van der Waals surface area contributed by atoms with Crippen LogP contribution in [0.15, 0.2) is 88.2 Å². The lowest BCUT2D eigenvalue weighted by Gasteiger charge is -2.44. The molecule has 0 radical (unpaired) electrons. The lowest BCUT2D eigenvalue weighted by molar-refractivity contribution is -0.118. The highest BCUT2D eigenvalue weighted by atomic mass is 35.5. The van der Waals surface area contributed by atoms with E-state index in [1.54, 1.807) is 28.8 Å². The predicted octanol–water partition coefficient (Wildman–Crippen LogP) is 8.33. The molecule has 40 heavy (non-hydrogen) atoms. The van der Waals surface area contributed by atoms with Gasteiger partial charge in [0, 0.05) is 39.0 Å². The average molecular weight is 572 g/mol. The number of anilines is 1. The van der Waals surface area contributed by atoms with Gasteiger partial charge in [-0.2, -0.15) is 5.26 Å². The average Bonchev–Trinajstić information content (AvgIpc) is 2.89. The van der Waals surface area contributed by atoms with Crippen LogP contribution in [0.3, 0.4) is 0 Å². The molecule has 7 heteroatoms. The van der Waals surface area contributed by atoms with E-state index in [1.165, 1.54) is 12.1 Å². The molecule has 1 unspecified atom stereocenters. The Bertz CT molecular complexity index is 1600. The van der Waals surface area contributed by atoms with Gasteiger partial charge in [0.15, 0.2) is 5.78 Å². The number of carbonyl (C=O) groups excluding carboxylic acids is 1. The van der Waals surface area contributed by atoms with Crippen molar-refractivity contribution in [2.24, 2.45) is 11.1 Å². The Morgan fingerprint density at radius 3 is 2.42 bits per heavy atom. The van der Waals surface area contributed by atoms with E-state index in [1.807, 2.05) is 31.2 Å². The van der Waals surface area contributed by atoms with Gasteiger partial charge in [0.2, 0.25) is 0 Å². The van der Waals surface area contributed by atoms with E-state index >= 15 is 0 Å². The molecule has 3 aromatic carbocycles. The van der Waals surface area contributed by atoms with Gasteiger partial charge in [-0.25, -0.2) is 4.39 Å². The van der Waals surface area contributed by atoms with Crippen LogP contribution in [-0.2, 0) is 10.5 Å². The first-order valence-electron chi connectivity index (χ1n) is 13.2. The van der Waals surface area contributed by atoms with Crippen molar-refractivity contribution in [3.8, 4) is 6.07 Å². The van der Waals surface area contributed by atoms with Gasteiger partial charge in [0.05, 0.1) is 17.6 Å². The summed E-state index contributed by atoms with van der Waals surface area (Å²) in [5, 5.41) is 11.2. The summed E-state index contributed by atoms with van der Waals surface area (Å²) < 4.78 is 13.8. The second-order valence-corrected chi connectivity index (χ2v) is 12.8. The van der Waals surface area contributed by atoms with E-state index in [4.69, 9.17) is 17.3 Å². The Labute approximate surface area is 244 Å². The molecule has 2 aliphatic rings. The number of nitrogens with zero attached hydrogens (tertiary/aromatic N) is 2. The number of rotatable bonds is 5. The van der Waals surface area contributed by atoms with Crippen LogP contribution in [-0.4, -0.2) is 5.78 Å². The van der Waals surface area contributed by atoms with Crippen LogP contribution in [0.4, 0.5) is 10.1 Å². The maximum absolute atomic E-state index is 13.9. The topological polar surface area (TPSA) is 70.1 Å². The van der Waals surface area contributed by atoms with Gasteiger partial charge in [-0.05, 0) is 90.9 Å². The van der Waals surface area contributed by atoms with Crippen molar-refractivity contribution in [2.75, 3.05) is 4.90 Å². The van der Waals surface area contributed by atoms with E-state index in [0.717, 1.165) is 38.6 Å². The first kappa shape index (κ1) is 28.0. The van der Waals surface area contributed by atoms with E-state index in [-0.39, 0.29) is 22.8 Å². The number of ketones is 1. The standard InChI is InChI=1S/C33H31ClFN3OS/c1-19-13-21(18-40-25-11-5-22(34)6-12-25)20(2)26(14-19)30-27(17-36)32(37)38(24-9-7-23(35)8-10-24)28-15-33(3,4)16-29(39)31(28)30/h5-14,30H,15-16,18,37H2,1-4H3. The number of nitriles is 1. The number of nitrogens with two attached hydrogens (primary N) is 1. The van der Waals surface area contributed by atoms with Crippen molar-refractivity contribution < 1.29 is 9.18 Å². The number of hydrogen-bond donors (Lipinski definition) is 1. The maximum Gasteiger partial charge on any atom is 0.162 e. The predicted molar refractivity (Wildman–Crippen MR) is 160 cm³/mol. The smallest absolute Gasteiger partial charge is 0.162 e. The zero-order valence-electron chi connectivity index (χ0n) is 23.0. The highest BCUT2D eigenvalue weighted by molar-refractivity contribution is 7.98. The van der Waals surface area contributed by atoms with Crippen LogP contribution in [0, 0.1) is 36.4 Å². The molecule has 0 saturated heterocycles. The molecule has 0 bridgehead atoms. The van der Waals surface area contributed by atoms with Crippen LogP contribution >= 0.6 is 23.4 Å². The van der Waals surface area contributed by atoms with Crippen molar-refractivity contribution >= 4 is 34.8 Å². The monoisotopic (exact) mass is 571 g/mol. The number of halogens is 2. The van der Waals surface area contributed by atoms with E-state index in [9.17, 15) is 14.4 Å². The second-order valence-electron chi connectivity index (χ2n) is 11.3. The number of thioether (sulfide) groups is 1. The molecule has 4 nitrogen and oxygen atoms in total. The number of Topliss-reactive ketones (excluding diaryl/α,β-unsaturated/α-hetero) is 1. The summed E-state index contributed by atoms with van der Waals surface area (Å²) >= 11 is 7.77. The number of benzene rings is 3. The van der Waals surface area contributed by atoms with Crippen LogP contribution in [0.1, 0.15) is 54.9 Å². The van der Waals surface area contributed by atoms with Gasteiger partial charge in [0.1, 0.15) is 11.6 Å². The largest absolute Gasteiger partial charge is 0.384 e. The fourth-order valence-electron chi connectivity index (χ4n) is 5.81. The third-order valence-electron chi connectivity index (χ3n) is 7.68. The van der Waals surface area contributed by atoms with Gasteiger partial charge in [-0.1, -0.05) is 43.1 Å². The van der Waals surface area contributed by atoms with E-state index < -0.39 is 5.92 Å². The van der Waals surface area contributed by atoms with Crippen molar-refractivity contribution in [2.45, 2.75) is 57.1 Å². The zero-order chi connectivity index (χ0) is 28.8. The van der Waals surface area contributed by atoms with Crippen LogP contribution < -0.4 is 10.6 Å². The SMILES string of the molecule is Cc1cc(CSc2ccc(Cl)cc2)c(C)c(C2C(C#N)=C(N)N(c3ccc(F)cc3)C3=C2C(=O)CC(C)(C)C3)c1. The van der Waals surface area contributed by atoms with E-state index in [0.29, 0.717) is 34.7 Å². The number of carbonyl (C=O) groups is 1. The Balaban J connectivity index is 1.66. The summed E-state index contributed by atoms with van der Waals surface area (Å²) in [5.41, 5.74) is 13.0. The number of aryl methyl sites for hydroxylation is 1. The van der Waals surface area contributed by atoms with E-state index in [2.05, 4.69) is 39.0 Å². The van der Waals surface area contributed by atoms with Crippen molar-refractivity contribution in [1.29, 1.82) is 5.26 Å². The lowest BCUT2D eigenvalue weighted by atomic mass is 9.68. The third-order valence-corrected chi connectivity index (χ3v) is 9.00. The Morgan fingerprint density at radius 1 is 1.10 bits per heavy atom. The Morgan fingerprint density at radius 2 is 1.77 bits per heavy atom. The van der Waals surface area contributed by atoms with Crippen LogP contribution in [0.5, 0.6) is 0 Å². The van der Waals surface area contributed by atoms with Crippen LogP contribution in [0.2, 0.25) is 5.02 Å². The fraction of sp³-hybridized carbons (Fsp3) is 0.273. The van der Waals surface area contributed by atoms with Gasteiger partial charge < -0.3 is 5.73 Å². The molecular formula is C33H31ClFN3OS. The molecule has 5 rings (SSSR count). The molecule has 0 fully saturated rings. The molecular weight excluding hydrogens is 541 g/mol. The molecule has 0 aromatic heterocycles. The summed E-state index contributed by atoms with van der Waals surface area (Å²) in [7, 11) is 0. The highest BCUT2D eigenvalue weighted by Crippen LogP contribution is 2.51. The second kappa shape index (κ2) is 10.8. The normalized spacial score (nSPS) is 18.6. The molecule has 1 atom stereocenters. The summed E-state index contributed by atoms with van der Waals surface area (Å²) in [6.45, 7) is 8.22. The molecule has 1 aliphatic carbocycles. The van der Waals surface area contributed by atoms with Crippen LogP contribution in [0.25, 0.3) is 0 Å². The molecule has 204 valence electrons. The van der Waals surface area contributed by atoms with Gasteiger partial charge >= 0.3 is 0 Å². The molecule has 0 amide bonds. The molecule has 0 spiro atoms. The first-order chi connectivity index (χ1) is 19.0. The zero-order valence-corrected chi connectivity index (χ0v) is 24.6. The summed E-state index contributed by atoms with van der Waals surface area (Å²) in [4.78, 5) is 16.8. The Hall–Kier alpha value is -3.53. The van der Waals surface area contributed by atoms with Gasteiger partial charge in [0.25, 0.3) is 0 Å². The number of allylic oxidation sites excluding steroid dienone is 3. The maximum atomic E-state index is 13.9. The lowest BCUT2D eigenvalue weighted by Crippen LogP contribution is -2.42. The Kier molecular flexibility index (Phi) is 7.56. The fourth-order valence-corrected chi connectivity index (χ4v) is 6.89. The minimum Gasteiger partial charge on any atom is -0.384 e. The quantitative estimate of drug-likeness (QED) is 0.312.